The number of hydrogen-bond acceptors (Lipinski definition) is 4. The van der Waals surface area contributed by atoms with Crippen molar-refractivity contribution in [3.8, 4) is 5.88 Å². The Morgan fingerprint density at radius 1 is 1.40 bits per heavy atom. The molecule has 0 saturated carbocycles. The number of aliphatic imine (C=N–C) groups is 1. The van der Waals surface area contributed by atoms with E-state index in [1.807, 2.05) is 19.1 Å². The van der Waals surface area contributed by atoms with Crippen molar-refractivity contribution in [2.75, 3.05) is 33.9 Å². The van der Waals surface area contributed by atoms with E-state index < -0.39 is 0 Å². The van der Waals surface area contributed by atoms with E-state index in [9.17, 15) is 0 Å². The number of aromatic nitrogens is 1. The number of guanidine groups is 1. The van der Waals surface area contributed by atoms with Crippen LogP contribution in [-0.4, -0.2) is 44.9 Å². The van der Waals surface area contributed by atoms with E-state index in [4.69, 9.17) is 9.47 Å². The molecule has 2 N–H and O–H groups in total. The molecule has 0 aliphatic carbocycles. The number of ether oxygens (including phenoxy) is 2. The first-order valence-electron chi connectivity index (χ1n) is 6.31. The van der Waals surface area contributed by atoms with E-state index >= 15 is 0 Å². The lowest BCUT2D eigenvalue weighted by Crippen LogP contribution is -2.38. The second-order valence-electron chi connectivity index (χ2n) is 3.78. The summed E-state index contributed by atoms with van der Waals surface area (Å²) in [6.45, 7) is 4.58. The van der Waals surface area contributed by atoms with Crippen molar-refractivity contribution in [3.63, 3.8) is 0 Å². The monoisotopic (exact) mass is 394 g/mol. The average Bonchev–Trinajstić information content (AvgIpc) is 2.43. The molecule has 0 atom stereocenters. The maximum Gasteiger partial charge on any atom is 0.213 e. The van der Waals surface area contributed by atoms with E-state index in [2.05, 4.69) is 20.6 Å². The first kappa shape index (κ1) is 18.9. The lowest BCUT2D eigenvalue weighted by molar-refractivity contribution is 0.203. The third-order valence-corrected chi connectivity index (χ3v) is 2.37. The van der Waals surface area contributed by atoms with Crippen LogP contribution >= 0.6 is 24.0 Å². The van der Waals surface area contributed by atoms with Gasteiger partial charge in [0, 0.05) is 39.5 Å². The Balaban J connectivity index is 0.00000361. The van der Waals surface area contributed by atoms with Gasteiger partial charge in [-0.25, -0.2) is 4.98 Å². The van der Waals surface area contributed by atoms with Gasteiger partial charge in [-0.05, 0) is 18.6 Å². The topological polar surface area (TPSA) is 67.8 Å². The van der Waals surface area contributed by atoms with E-state index in [1.165, 1.54) is 0 Å². The fraction of sp³-hybridized carbons (Fsp3) is 0.538. The van der Waals surface area contributed by atoms with Gasteiger partial charge in [-0.15, -0.1) is 24.0 Å². The molecular weight excluding hydrogens is 371 g/mol. The minimum Gasteiger partial charge on any atom is -0.478 e. The molecule has 0 unspecified atom stereocenters. The lowest BCUT2D eigenvalue weighted by atomic mass is 10.2. The molecule has 1 aromatic heterocycles. The summed E-state index contributed by atoms with van der Waals surface area (Å²) in [5.74, 6) is 1.39. The number of methoxy groups -OCH3 is 1. The maximum atomic E-state index is 5.36. The highest BCUT2D eigenvalue weighted by molar-refractivity contribution is 14.0. The molecule has 0 bridgehead atoms. The van der Waals surface area contributed by atoms with Gasteiger partial charge in [0.05, 0.1) is 13.2 Å². The van der Waals surface area contributed by atoms with E-state index in [-0.39, 0.29) is 24.0 Å². The van der Waals surface area contributed by atoms with Crippen LogP contribution in [0.4, 0.5) is 0 Å². The van der Waals surface area contributed by atoms with Crippen molar-refractivity contribution in [2.45, 2.75) is 13.5 Å². The summed E-state index contributed by atoms with van der Waals surface area (Å²) in [7, 11) is 3.41. The lowest BCUT2D eigenvalue weighted by Gasteiger charge is -2.12. The predicted octanol–water partition coefficient (Wildman–Crippen LogP) is 1.41. The van der Waals surface area contributed by atoms with Crippen LogP contribution in [0.5, 0.6) is 5.88 Å². The zero-order chi connectivity index (χ0) is 13.9. The molecule has 0 aliphatic heterocycles. The Kier molecular flexibility index (Phi) is 11.1. The first-order chi connectivity index (χ1) is 9.30. The summed E-state index contributed by atoms with van der Waals surface area (Å²) in [6, 6.07) is 3.86. The average molecular weight is 394 g/mol. The van der Waals surface area contributed by atoms with Crippen LogP contribution in [0.1, 0.15) is 12.5 Å². The Hall–Kier alpha value is -1.09. The summed E-state index contributed by atoms with van der Waals surface area (Å²) in [6.07, 6.45) is 1.74. The van der Waals surface area contributed by atoms with Crippen molar-refractivity contribution in [1.29, 1.82) is 0 Å². The molecule has 6 nitrogen and oxygen atoms in total. The van der Waals surface area contributed by atoms with Gasteiger partial charge in [-0.1, -0.05) is 0 Å². The smallest absolute Gasteiger partial charge is 0.213 e. The number of rotatable bonds is 7. The van der Waals surface area contributed by atoms with Gasteiger partial charge < -0.3 is 20.1 Å². The molecule has 1 heterocycles. The highest BCUT2D eigenvalue weighted by atomic mass is 127. The quantitative estimate of drug-likeness (QED) is 0.317. The van der Waals surface area contributed by atoms with Gasteiger partial charge in [0.2, 0.25) is 5.88 Å². The normalized spacial score (nSPS) is 10.7. The molecule has 1 aromatic rings. The van der Waals surface area contributed by atoms with Crippen LogP contribution in [0, 0.1) is 0 Å². The van der Waals surface area contributed by atoms with Crippen molar-refractivity contribution < 1.29 is 9.47 Å². The highest BCUT2D eigenvalue weighted by Gasteiger charge is 2.00. The molecule has 0 radical (unpaired) electrons. The highest BCUT2D eigenvalue weighted by Crippen LogP contribution is 2.08. The van der Waals surface area contributed by atoms with Crippen molar-refractivity contribution in [1.82, 2.24) is 15.6 Å². The van der Waals surface area contributed by atoms with Crippen molar-refractivity contribution in [3.05, 3.63) is 23.9 Å². The van der Waals surface area contributed by atoms with Crippen LogP contribution in [0.25, 0.3) is 0 Å². The summed E-state index contributed by atoms with van der Waals surface area (Å²) < 4.78 is 10.3. The molecule has 0 amide bonds. The summed E-state index contributed by atoms with van der Waals surface area (Å²) in [4.78, 5) is 8.25. The van der Waals surface area contributed by atoms with Gasteiger partial charge in [-0.3, -0.25) is 4.99 Å². The third-order valence-electron chi connectivity index (χ3n) is 2.37. The fourth-order valence-electron chi connectivity index (χ4n) is 1.47. The summed E-state index contributed by atoms with van der Waals surface area (Å²) in [5.41, 5.74) is 1.09. The van der Waals surface area contributed by atoms with Gasteiger partial charge in [-0.2, -0.15) is 0 Å². The van der Waals surface area contributed by atoms with Crippen LogP contribution in [-0.2, 0) is 11.3 Å². The minimum atomic E-state index is 0. The van der Waals surface area contributed by atoms with Gasteiger partial charge >= 0.3 is 0 Å². The standard InChI is InChI=1S/C13H22N4O2.HI/c1-4-19-12-9-11(5-6-15-12)10-17-13(14-2)16-7-8-18-3;/h5-6,9H,4,7-8,10H2,1-3H3,(H2,14,16,17);1H. The Bertz CT molecular complexity index is 402. The van der Waals surface area contributed by atoms with Gasteiger partial charge in [0.1, 0.15) is 0 Å². The zero-order valence-corrected chi connectivity index (χ0v) is 14.5. The summed E-state index contributed by atoms with van der Waals surface area (Å²) >= 11 is 0. The fourth-order valence-corrected chi connectivity index (χ4v) is 1.47. The molecule has 0 saturated heterocycles. The second kappa shape index (κ2) is 11.7. The Morgan fingerprint density at radius 3 is 2.85 bits per heavy atom. The Morgan fingerprint density at radius 2 is 2.20 bits per heavy atom. The summed E-state index contributed by atoms with van der Waals surface area (Å²) in [5, 5.41) is 6.36. The first-order valence-corrected chi connectivity index (χ1v) is 6.31. The van der Waals surface area contributed by atoms with Gasteiger partial charge in [0.25, 0.3) is 0 Å². The molecule has 0 aliphatic rings. The SMILES string of the molecule is CCOc1cc(CNC(=NC)NCCOC)ccn1.I. The number of nitrogens with zero attached hydrogens (tertiary/aromatic N) is 2. The number of nitrogens with one attached hydrogen (secondary N) is 2. The largest absolute Gasteiger partial charge is 0.478 e. The van der Waals surface area contributed by atoms with Crippen molar-refractivity contribution >= 4 is 29.9 Å². The Labute approximate surface area is 137 Å². The minimum absolute atomic E-state index is 0. The van der Waals surface area contributed by atoms with E-state index in [0.29, 0.717) is 25.6 Å². The molecule has 7 heteroatoms. The predicted molar refractivity (Wildman–Crippen MR) is 90.9 cm³/mol. The van der Waals surface area contributed by atoms with Crippen LogP contribution in [0.3, 0.4) is 0 Å². The number of hydrogen-bond donors (Lipinski definition) is 2. The van der Waals surface area contributed by atoms with Crippen LogP contribution in [0.15, 0.2) is 23.3 Å². The van der Waals surface area contributed by atoms with Crippen LogP contribution < -0.4 is 15.4 Å². The van der Waals surface area contributed by atoms with Crippen LogP contribution in [0.2, 0.25) is 0 Å². The maximum absolute atomic E-state index is 5.36. The molecule has 0 fully saturated rings. The van der Waals surface area contributed by atoms with E-state index in [0.717, 1.165) is 18.1 Å². The molecular formula is C13H23IN4O2. The van der Waals surface area contributed by atoms with E-state index in [1.54, 1.807) is 20.4 Å². The molecule has 0 spiro atoms. The molecule has 1 rings (SSSR count). The zero-order valence-electron chi connectivity index (χ0n) is 12.2. The second-order valence-corrected chi connectivity index (χ2v) is 3.78. The number of pyridine rings is 1. The molecule has 20 heavy (non-hydrogen) atoms. The third kappa shape index (κ3) is 7.49. The number of halogens is 1. The van der Waals surface area contributed by atoms with Crippen molar-refractivity contribution in [2.24, 2.45) is 4.99 Å². The molecule has 0 aromatic carbocycles. The van der Waals surface area contributed by atoms with Gasteiger partial charge in [0.15, 0.2) is 5.96 Å². The molecule has 114 valence electrons.